The van der Waals surface area contributed by atoms with E-state index >= 15 is 0 Å². The molecule has 10 heteroatoms. The standard InChI is InChI=1S/C23H28ClN5O3S/c1-31-20-5-4-16(12-25)11-21(20)33-28-8-6-18(7-9-28)29-23(30)22(24)19(14-27-29)26-13-17-3-2-10-32-15-17/h4-5,11,14,17-18,26H,2-3,6-10,13,15H2,1H3. The van der Waals surface area contributed by atoms with E-state index in [1.807, 2.05) is 12.1 Å². The fraction of sp³-hybridized carbons (Fsp3) is 0.522. The average molecular weight is 490 g/mol. The molecule has 2 aromatic rings. The normalized spacial score (nSPS) is 19.7. The largest absolute Gasteiger partial charge is 0.496 e. The summed E-state index contributed by atoms with van der Waals surface area (Å²) >= 11 is 7.99. The second kappa shape index (κ2) is 11.3. The van der Waals surface area contributed by atoms with E-state index in [4.69, 9.17) is 21.1 Å². The molecule has 2 fully saturated rings. The van der Waals surface area contributed by atoms with Gasteiger partial charge in [0.25, 0.3) is 5.56 Å². The van der Waals surface area contributed by atoms with Crippen LogP contribution in [0.25, 0.3) is 0 Å². The van der Waals surface area contributed by atoms with Gasteiger partial charge < -0.3 is 14.8 Å². The van der Waals surface area contributed by atoms with Gasteiger partial charge in [-0.1, -0.05) is 11.6 Å². The third-order valence-corrected chi connectivity index (χ3v) is 7.57. The molecule has 176 valence electrons. The second-order valence-electron chi connectivity index (χ2n) is 8.31. The molecule has 0 amide bonds. The number of methoxy groups -OCH3 is 1. The molecule has 1 N–H and O–H groups in total. The maximum atomic E-state index is 12.9. The van der Waals surface area contributed by atoms with Crippen LogP contribution in [-0.4, -0.2) is 54.0 Å². The number of hydrogen-bond donors (Lipinski definition) is 1. The number of nitriles is 1. The summed E-state index contributed by atoms with van der Waals surface area (Å²) in [6.45, 7) is 3.84. The molecule has 0 aliphatic carbocycles. The highest BCUT2D eigenvalue weighted by atomic mass is 35.5. The van der Waals surface area contributed by atoms with Gasteiger partial charge in [-0.3, -0.25) is 4.79 Å². The van der Waals surface area contributed by atoms with Gasteiger partial charge >= 0.3 is 0 Å². The van der Waals surface area contributed by atoms with Crippen molar-refractivity contribution in [2.75, 3.05) is 45.3 Å². The summed E-state index contributed by atoms with van der Waals surface area (Å²) in [6, 6.07) is 7.57. The first-order valence-electron chi connectivity index (χ1n) is 11.2. The van der Waals surface area contributed by atoms with Crippen molar-refractivity contribution in [3.05, 3.63) is 45.3 Å². The third-order valence-electron chi connectivity index (χ3n) is 6.07. The lowest BCUT2D eigenvalue weighted by atomic mass is 10.0. The summed E-state index contributed by atoms with van der Waals surface area (Å²) in [5.41, 5.74) is 0.931. The molecule has 1 atom stereocenters. The Morgan fingerprint density at radius 1 is 1.36 bits per heavy atom. The lowest BCUT2D eigenvalue weighted by Crippen LogP contribution is -2.36. The Morgan fingerprint density at radius 2 is 2.18 bits per heavy atom. The second-order valence-corrected chi connectivity index (χ2v) is 9.83. The molecule has 33 heavy (non-hydrogen) atoms. The molecule has 2 aliphatic rings. The zero-order valence-electron chi connectivity index (χ0n) is 18.6. The van der Waals surface area contributed by atoms with E-state index in [1.165, 1.54) is 4.68 Å². The Morgan fingerprint density at radius 3 is 2.88 bits per heavy atom. The molecule has 0 bridgehead atoms. The van der Waals surface area contributed by atoms with Crippen LogP contribution in [0.15, 0.2) is 34.1 Å². The Kier molecular flexibility index (Phi) is 8.15. The predicted octanol–water partition coefficient (Wildman–Crippen LogP) is 3.96. The van der Waals surface area contributed by atoms with Crippen LogP contribution in [0, 0.1) is 17.2 Å². The molecule has 8 nitrogen and oxygen atoms in total. The number of nitrogens with zero attached hydrogens (tertiary/aromatic N) is 4. The molecule has 1 aromatic heterocycles. The fourth-order valence-corrected chi connectivity index (χ4v) is 5.48. The first-order valence-corrected chi connectivity index (χ1v) is 12.3. The van der Waals surface area contributed by atoms with Crippen LogP contribution in [0.2, 0.25) is 5.02 Å². The van der Waals surface area contributed by atoms with Crippen LogP contribution in [0.5, 0.6) is 5.75 Å². The van der Waals surface area contributed by atoms with Crippen molar-refractivity contribution in [2.45, 2.75) is 36.6 Å². The van der Waals surface area contributed by atoms with E-state index in [0.717, 1.165) is 69.2 Å². The van der Waals surface area contributed by atoms with Gasteiger partial charge in [0.15, 0.2) is 0 Å². The van der Waals surface area contributed by atoms with Gasteiger partial charge in [0.2, 0.25) is 0 Å². The lowest BCUT2D eigenvalue weighted by Gasteiger charge is -2.31. The van der Waals surface area contributed by atoms with E-state index in [0.29, 0.717) is 17.2 Å². The molecule has 2 saturated heterocycles. The van der Waals surface area contributed by atoms with E-state index < -0.39 is 0 Å². The zero-order chi connectivity index (χ0) is 23.2. The highest BCUT2D eigenvalue weighted by molar-refractivity contribution is 7.97. The summed E-state index contributed by atoms with van der Waals surface area (Å²) in [7, 11) is 1.63. The molecule has 4 rings (SSSR count). The zero-order valence-corrected chi connectivity index (χ0v) is 20.2. The van der Waals surface area contributed by atoms with Crippen molar-refractivity contribution in [3.63, 3.8) is 0 Å². The number of benzene rings is 1. The number of aromatic nitrogens is 2. The summed E-state index contributed by atoms with van der Waals surface area (Å²) in [4.78, 5) is 13.8. The van der Waals surface area contributed by atoms with Gasteiger partial charge in [0.05, 0.1) is 48.2 Å². The number of anilines is 1. The van der Waals surface area contributed by atoms with Crippen LogP contribution in [0.4, 0.5) is 5.69 Å². The summed E-state index contributed by atoms with van der Waals surface area (Å²) in [5, 5.41) is 17.1. The molecule has 1 aromatic carbocycles. The smallest absolute Gasteiger partial charge is 0.287 e. The van der Waals surface area contributed by atoms with E-state index in [-0.39, 0.29) is 16.6 Å². The maximum absolute atomic E-state index is 12.9. The van der Waals surface area contributed by atoms with Crippen LogP contribution in [0.3, 0.4) is 0 Å². The lowest BCUT2D eigenvalue weighted by molar-refractivity contribution is 0.0595. The topological polar surface area (TPSA) is 92.4 Å². The molecule has 0 radical (unpaired) electrons. The van der Waals surface area contributed by atoms with Crippen LogP contribution < -0.4 is 15.6 Å². The Bertz CT molecular complexity index is 1060. The van der Waals surface area contributed by atoms with Gasteiger partial charge in [-0.05, 0) is 61.7 Å². The number of piperidine rings is 1. The minimum Gasteiger partial charge on any atom is -0.496 e. The van der Waals surface area contributed by atoms with Crippen molar-refractivity contribution < 1.29 is 9.47 Å². The number of halogens is 1. The van der Waals surface area contributed by atoms with Crippen molar-refractivity contribution >= 4 is 29.2 Å². The molecular weight excluding hydrogens is 462 g/mol. The van der Waals surface area contributed by atoms with Crippen molar-refractivity contribution in [3.8, 4) is 11.8 Å². The molecule has 0 saturated carbocycles. The minimum atomic E-state index is -0.254. The maximum Gasteiger partial charge on any atom is 0.287 e. The number of hydrogen-bond acceptors (Lipinski definition) is 8. The predicted molar refractivity (Wildman–Crippen MR) is 129 cm³/mol. The molecule has 3 heterocycles. The van der Waals surface area contributed by atoms with Crippen LogP contribution in [0.1, 0.15) is 37.3 Å². The fourth-order valence-electron chi connectivity index (χ4n) is 4.19. The van der Waals surface area contributed by atoms with Gasteiger partial charge in [-0.25, -0.2) is 8.99 Å². The van der Waals surface area contributed by atoms with Gasteiger partial charge in [0, 0.05) is 26.2 Å². The minimum absolute atomic E-state index is 0.0000159. The highest BCUT2D eigenvalue weighted by Gasteiger charge is 2.25. The van der Waals surface area contributed by atoms with Gasteiger partial charge in [-0.15, -0.1) is 0 Å². The van der Waals surface area contributed by atoms with E-state index in [1.54, 1.807) is 31.3 Å². The summed E-state index contributed by atoms with van der Waals surface area (Å²) < 4.78 is 14.7. The molecule has 1 unspecified atom stereocenters. The molecule has 2 aliphatic heterocycles. The first kappa shape index (κ1) is 23.9. The van der Waals surface area contributed by atoms with E-state index in [2.05, 4.69) is 20.8 Å². The van der Waals surface area contributed by atoms with Crippen LogP contribution >= 0.6 is 23.5 Å². The van der Waals surface area contributed by atoms with Gasteiger partial charge in [-0.2, -0.15) is 10.4 Å². The third kappa shape index (κ3) is 5.82. The van der Waals surface area contributed by atoms with E-state index in [9.17, 15) is 10.1 Å². The van der Waals surface area contributed by atoms with Crippen molar-refractivity contribution in [1.82, 2.24) is 14.1 Å². The average Bonchev–Trinajstić information content (AvgIpc) is 2.86. The first-order chi connectivity index (χ1) is 16.1. The SMILES string of the molecule is COc1ccc(C#N)cc1SN1CCC(n2ncc(NCC3CCCOC3)c(Cl)c2=O)CC1. The Labute approximate surface area is 202 Å². The summed E-state index contributed by atoms with van der Waals surface area (Å²) in [6.07, 6.45) is 5.39. The van der Waals surface area contributed by atoms with Crippen LogP contribution in [-0.2, 0) is 4.74 Å². The molecular formula is C23H28ClN5O3S. The quantitative estimate of drug-likeness (QED) is 0.584. The monoisotopic (exact) mass is 489 g/mol. The Balaban J connectivity index is 1.36. The number of ether oxygens (including phenoxy) is 2. The number of rotatable bonds is 7. The van der Waals surface area contributed by atoms with Crippen molar-refractivity contribution in [1.29, 1.82) is 5.26 Å². The Hall–Kier alpha value is -2.25. The van der Waals surface area contributed by atoms with Gasteiger partial charge in [0.1, 0.15) is 10.8 Å². The highest BCUT2D eigenvalue weighted by Crippen LogP contribution is 2.35. The number of nitrogens with one attached hydrogen (secondary N) is 1. The summed E-state index contributed by atoms with van der Waals surface area (Å²) in [5.74, 6) is 1.17. The molecule has 0 spiro atoms. The van der Waals surface area contributed by atoms with Crippen molar-refractivity contribution in [2.24, 2.45) is 5.92 Å².